The van der Waals surface area contributed by atoms with Crippen molar-refractivity contribution in [1.29, 1.82) is 0 Å². The number of para-hydroxylation sites is 1. The normalized spacial score (nSPS) is 14.0. The van der Waals surface area contributed by atoms with Gasteiger partial charge >= 0.3 is 0 Å². The molecule has 0 spiro atoms. The lowest BCUT2D eigenvalue weighted by atomic mass is 10.2. The number of fused-ring (bicyclic) bond motifs is 1. The van der Waals surface area contributed by atoms with Crippen molar-refractivity contribution in [3.63, 3.8) is 0 Å². The standard InChI is InChI=1S/C18H19N3O2/c1-2-3-12-21-15-11-7-6-10-14(15)16(18(21)23)19-20-17(22)13-8-4-5-9-13/h4-8,10-11,23H,2-3,9,12H2,1H3. The fourth-order valence-electron chi connectivity index (χ4n) is 2.68. The highest BCUT2D eigenvalue weighted by molar-refractivity contribution is 5.97. The first-order chi connectivity index (χ1) is 11.2. The zero-order valence-electron chi connectivity index (χ0n) is 13.1. The van der Waals surface area contributed by atoms with Gasteiger partial charge in [-0.2, -0.15) is 0 Å². The highest BCUT2D eigenvalue weighted by Gasteiger charge is 2.17. The van der Waals surface area contributed by atoms with Crippen LogP contribution in [0.2, 0.25) is 0 Å². The van der Waals surface area contributed by atoms with Gasteiger partial charge in [0.1, 0.15) is 0 Å². The summed E-state index contributed by atoms with van der Waals surface area (Å²) in [6.45, 7) is 2.81. The number of aromatic nitrogens is 1. The number of unbranched alkanes of at least 4 members (excludes halogenated alkanes) is 1. The van der Waals surface area contributed by atoms with Gasteiger partial charge in [-0.1, -0.05) is 49.8 Å². The first-order valence-corrected chi connectivity index (χ1v) is 7.84. The summed E-state index contributed by atoms with van der Waals surface area (Å²) >= 11 is 0. The van der Waals surface area contributed by atoms with E-state index < -0.39 is 0 Å². The van der Waals surface area contributed by atoms with Crippen molar-refractivity contribution >= 4 is 22.5 Å². The Balaban J connectivity index is 1.96. The van der Waals surface area contributed by atoms with Crippen LogP contribution in [0.1, 0.15) is 26.2 Å². The van der Waals surface area contributed by atoms with Gasteiger partial charge in [0.25, 0.3) is 5.91 Å². The second kappa shape index (κ2) is 6.60. The third-order valence-corrected chi connectivity index (χ3v) is 3.94. The molecule has 3 rings (SSSR count). The largest absolute Gasteiger partial charge is 0.493 e. The molecule has 5 nitrogen and oxygen atoms in total. The molecule has 0 aliphatic heterocycles. The molecule has 5 heteroatoms. The molecule has 1 N–H and O–H groups in total. The lowest BCUT2D eigenvalue weighted by Crippen LogP contribution is -1.96. The minimum absolute atomic E-state index is 0.0646. The lowest BCUT2D eigenvalue weighted by molar-refractivity contribution is -0.114. The van der Waals surface area contributed by atoms with Crippen molar-refractivity contribution in [3.8, 4) is 5.88 Å². The number of azo groups is 1. The summed E-state index contributed by atoms with van der Waals surface area (Å²) in [5, 5.41) is 19.1. The van der Waals surface area contributed by atoms with E-state index in [9.17, 15) is 9.90 Å². The first-order valence-electron chi connectivity index (χ1n) is 7.84. The maximum Gasteiger partial charge on any atom is 0.291 e. The molecule has 1 amide bonds. The predicted octanol–water partition coefficient (Wildman–Crippen LogP) is 4.64. The third kappa shape index (κ3) is 2.95. The van der Waals surface area contributed by atoms with Crippen LogP contribution in [0, 0.1) is 0 Å². The van der Waals surface area contributed by atoms with Gasteiger partial charge in [-0.15, -0.1) is 10.2 Å². The van der Waals surface area contributed by atoms with Crippen molar-refractivity contribution < 1.29 is 9.90 Å². The van der Waals surface area contributed by atoms with E-state index in [1.807, 2.05) is 41.0 Å². The van der Waals surface area contributed by atoms with Gasteiger partial charge in [-0.05, 0) is 18.9 Å². The molecule has 1 aliphatic carbocycles. The summed E-state index contributed by atoms with van der Waals surface area (Å²) in [7, 11) is 0. The van der Waals surface area contributed by atoms with E-state index in [1.165, 1.54) is 0 Å². The zero-order valence-corrected chi connectivity index (χ0v) is 13.1. The monoisotopic (exact) mass is 309 g/mol. The molecule has 0 fully saturated rings. The lowest BCUT2D eigenvalue weighted by Gasteiger charge is -2.05. The molecule has 1 aliphatic rings. The Hall–Kier alpha value is -2.69. The Morgan fingerprint density at radius 1 is 1.35 bits per heavy atom. The molecular formula is C18H19N3O2. The average molecular weight is 309 g/mol. The number of carbonyl (C=O) groups is 1. The smallest absolute Gasteiger partial charge is 0.291 e. The highest BCUT2D eigenvalue weighted by Crippen LogP contribution is 2.39. The van der Waals surface area contributed by atoms with Crippen LogP contribution in [0.25, 0.3) is 10.9 Å². The molecule has 0 unspecified atom stereocenters. The van der Waals surface area contributed by atoms with Crippen LogP contribution in [0.4, 0.5) is 5.69 Å². The number of nitrogens with zero attached hydrogens (tertiary/aromatic N) is 3. The van der Waals surface area contributed by atoms with Crippen LogP contribution in [0.15, 0.2) is 58.3 Å². The van der Waals surface area contributed by atoms with E-state index >= 15 is 0 Å². The predicted molar refractivity (Wildman–Crippen MR) is 89.9 cm³/mol. The van der Waals surface area contributed by atoms with Gasteiger partial charge in [-0.25, -0.2) is 0 Å². The highest BCUT2D eigenvalue weighted by atomic mass is 16.3. The second-order valence-corrected chi connectivity index (χ2v) is 5.52. The third-order valence-electron chi connectivity index (χ3n) is 3.94. The maximum absolute atomic E-state index is 12.0. The van der Waals surface area contributed by atoms with Gasteiger partial charge in [0.15, 0.2) is 5.69 Å². The molecule has 0 radical (unpaired) electrons. The number of aryl methyl sites for hydroxylation is 1. The summed E-state index contributed by atoms with van der Waals surface area (Å²) in [5.74, 6) is -0.297. The van der Waals surface area contributed by atoms with Gasteiger partial charge < -0.3 is 9.67 Å². The van der Waals surface area contributed by atoms with Gasteiger partial charge in [0.2, 0.25) is 5.88 Å². The Morgan fingerprint density at radius 3 is 2.91 bits per heavy atom. The molecule has 0 saturated heterocycles. The number of aromatic hydroxyl groups is 1. The van der Waals surface area contributed by atoms with E-state index in [0.29, 0.717) is 24.2 Å². The van der Waals surface area contributed by atoms with Gasteiger partial charge in [0, 0.05) is 17.5 Å². The molecule has 1 aromatic heterocycles. The van der Waals surface area contributed by atoms with Crippen LogP contribution < -0.4 is 0 Å². The van der Waals surface area contributed by atoms with E-state index in [-0.39, 0.29) is 11.8 Å². The minimum Gasteiger partial charge on any atom is -0.493 e. The SMILES string of the molecule is CCCCn1c(O)c(N=NC(=O)C2=CC=CC2)c2ccccc21. The van der Waals surface area contributed by atoms with Crippen LogP contribution in [-0.2, 0) is 11.3 Å². The Morgan fingerprint density at radius 2 is 2.17 bits per heavy atom. The van der Waals surface area contributed by atoms with Crippen molar-refractivity contribution in [3.05, 3.63) is 48.1 Å². The number of benzene rings is 1. The van der Waals surface area contributed by atoms with Crippen LogP contribution >= 0.6 is 0 Å². The molecule has 0 bridgehead atoms. The zero-order chi connectivity index (χ0) is 16.2. The van der Waals surface area contributed by atoms with Crippen molar-refractivity contribution in [1.82, 2.24) is 4.57 Å². The van der Waals surface area contributed by atoms with Crippen LogP contribution in [-0.4, -0.2) is 15.6 Å². The molecule has 2 aromatic rings. The van der Waals surface area contributed by atoms with E-state index in [2.05, 4.69) is 17.2 Å². The van der Waals surface area contributed by atoms with Crippen LogP contribution in [0.3, 0.4) is 0 Å². The molecule has 0 saturated carbocycles. The Kier molecular flexibility index (Phi) is 4.37. The summed E-state index contributed by atoms with van der Waals surface area (Å²) in [6, 6.07) is 7.63. The van der Waals surface area contributed by atoms with E-state index in [4.69, 9.17) is 0 Å². The van der Waals surface area contributed by atoms with Crippen LogP contribution in [0.5, 0.6) is 5.88 Å². The summed E-state index contributed by atoms with van der Waals surface area (Å²) in [6.07, 6.45) is 8.05. The molecule has 0 atom stereocenters. The quantitative estimate of drug-likeness (QED) is 0.817. The van der Waals surface area contributed by atoms with Gasteiger partial charge in [0.05, 0.1) is 5.52 Å². The maximum atomic E-state index is 12.0. The van der Waals surface area contributed by atoms with E-state index in [0.717, 1.165) is 23.7 Å². The second-order valence-electron chi connectivity index (χ2n) is 5.52. The van der Waals surface area contributed by atoms with Crippen molar-refractivity contribution in [2.45, 2.75) is 32.7 Å². The average Bonchev–Trinajstić information content (AvgIpc) is 3.18. The van der Waals surface area contributed by atoms with Crippen molar-refractivity contribution in [2.24, 2.45) is 10.2 Å². The fraction of sp³-hybridized carbons (Fsp3) is 0.278. The number of amides is 1. The fourth-order valence-corrected chi connectivity index (χ4v) is 2.68. The van der Waals surface area contributed by atoms with Gasteiger partial charge in [-0.3, -0.25) is 4.79 Å². The van der Waals surface area contributed by atoms with E-state index in [1.54, 1.807) is 6.08 Å². The number of allylic oxidation sites excluding steroid dienone is 3. The number of carbonyl (C=O) groups excluding carboxylic acids is 1. The minimum atomic E-state index is -0.361. The Labute approximate surface area is 134 Å². The number of hydrogen-bond acceptors (Lipinski definition) is 3. The topological polar surface area (TPSA) is 66.9 Å². The Bertz CT molecular complexity index is 828. The molecule has 23 heavy (non-hydrogen) atoms. The number of hydrogen-bond donors (Lipinski definition) is 1. The summed E-state index contributed by atoms with van der Waals surface area (Å²) in [4.78, 5) is 12.0. The number of rotatable bonds is 5. The molecule has 1 heterocycles. The summed E-state index contributed by atoms with van der Waals surface area (Å²) in [5.41, 5.74) is 1.88. The summed E-state index contributed by atoms with van der Waals surface area (Å²) < 4.78 is 1.83. The molecular weight excluding hydrogens is 290 g/mol. The first kappa shape index (κ1) is 15.2. The van der Waals surface area contributed by atoms with Crippen molar-refractivity contribution in [2.75, 3.05) is 0 Å². The molecule has 118 valence electrons. The molecule has 1 aromatic carbocycles.